The molecule has 0 aromatic carbocycles. The molecule has 0 saturated carbocycles. The molecule has 0 bridgehead atoms. The number of hydrogen-bond acceptors (Lipinski definition) is 4. The molecule has 88 valence electrons. The first-order chi connectivity index (χ1) is 7.08. The van der Waals surface area contributed by atoms with Crippen LogP contribution in [0.15, 0.2) is 11.9 Å². The van der Waals surface area contributed by atoms with Gasteiger partial charge in [-0.1, -0.05) is 13.0 Å². The topological polar surface area (TPSA) is 52.6 Å². The van der Waals surface area contributed by atoms with Crippen LogP contribution in [0.3, 0.4) is 0 Å². The fraction of sp³-hybridized carbons (Fsp3) is 0.700. The molecule has 15 heavy (non-hydrogen) atoms. The minimum absolute atomic E-state index is 0.0713. The van der Waals surface area contributed by atoms with Crippen molar-refractivity contribution in [3.63, 3.8) is 0 Å². The molecule has 0 aliphatic rings. The van der Waals surface area contributed by atoms with Gasteiger partial charge in [0.1, 0.15) is 6.29 Å². The van der Waals surface area contributed by atoms with Crippen LogP contribution in [-0.2, 0) is 18.4 Å². The Labute approximate surface area is 91.2 Å². The molecule has 0 heterocycles. The minimum Gasteiger partial charge on any atom is -0.306 e. The highest BCUT2D eigenvalue weighted by Crippen LogP contribution is 2.49. The molecular formula is C10H19O4P. The Morgan fingerprint density at radius 2 is 1.80 bits per heavy atom. The zero-order chi connectivity index (χ0) is 11.7. The third-order valence-electron chi connectivity index (χ3n) is 1.65. The summed E-state index contributed by atoms with van der Waals surface area (Å²) in [6.07, 6.45) is 3.08. The van der Waals surface area contributed by atoms with E-state index in [2.05, 4.69) is 0 Å². The van der Waals surface area contributed by atoms with Gasteiger partial charge in [0.2, 0.25) is 0 Å². The quantitative estimate of drug-likeness (QED) is 0.478. The van der Waals surface area contributed by atoms with Crippen LogP contribution in [0.4, 0.5) is 0 Å². The highest BCUT2D eigenvalue weighted by molar-refractivity contribution is 7.57. The largest absolute Gasteiger partial charge is 0.353 e. The van der Waals surface area contributed by atoms with E-state index in [-0.39, 0.29) is 5.92 Å². The van der Waals surface area contributed by atoms with Crippen molar-refractivity contribution < 1.29 is 18.4 Å². The molecule has 1 atom stereocenters. The summed E-state index contributed by atoms with van der Waals surface area (Å²) in [5.41, 5.74) is 0. The molecule has 0 fully saturated rings. The number of rotatable bonds is 8. The summed E-state index contributed by atoms with van der Waals surface area (Å²) in [4.78, 5) is 10.3. The molecule has 0 aromatic heterocycles. The van der Waals surface area contributed by atoms with Crippen molar-refractivity contribution in [1.82, 2.24) is 0 Å². The first-order valence-electron chi connectivity index (χ1n) is 5.09. The van der Waals surface area contributed by atoms with E-state index in [1.807, 2.05) is 0 Å². The summed E-state index contributed by atoms with van der Waals surface area (Å²) < 4.78 is 22.0. The molecule has 1 unspecified atom stereocenters. The van der Waals surface area contributed by atoms with E-state index in [0.717, 1.165) is 6.29 Å². The van der Waals surface area contributed by atoms with Gasteiger partial charge in [-0.2, -0.15) is 0 Å². The zero-order valence-electron chi connectivity index (χ0n) is 9.51. The van der Waals surface area contributed by atoms with Crippen molar-refractivity contribution in [2.45, 2.75) is 27.2 Å². The maximum Gasteiger partial charge on any atom is 0.353 e. The van der Waals surface area contributed by atoms with Gasteiger partial charge in [-0.05, 0) is 20.3 Å². The highest BCUT2D eigenvalue weighted by Gasteiger charge is 2.18. The van der Waals surface area contributed by atoms with Crippen molar-refractivity contribution in [3.05, 3.63) is 11.9 Å². The second kappa shape index (κ2) is 7.80. The lowest BCUT2D eigenvalue weighted by Crippen LogP contribution is -1.94. The molecule has 0 spiro atoms. The Morgan fingerprint density at radius 3 is 2.20 bits per heavy atom. The molecule has 0 aromatic rings. The van der Waals surface area contributed by atoms with Crippen LogP contribution < -0.4 is 0 Å². The summed E-state index contributed by atoms with van der Waals surface area (Å²) in [6, 6.07) is 0. The average Bonchev–Trinajstić information content (AvgIpc) is 2.18. The molecule has 0 amide bonds. The molecule has 4 nitrogen and oxygen atoms in total. The lowest BCUT2D eigenvalue weighted by atomic mass is 10.1. The Bertz CT molecular complexity index is 240. The molecule has 0 aliphatic carbocycles. The van der Waals surface area contributed by atoms with Crippen LogP contribution in [0.5, 0.6) is 0 Å². The smallest absolute Gasteiger partial charge is 0.306 e. The van der Waals surface area contributed by atoms with Crippen molar-refractivity contribution >= 4 is 13.9 Å². The third kappa shape index (κ3) is 6.61. The van der Waals surface area contributed by atoms with Gasteiger partial charge in [0.05, 0.1) is 13.2 Å². The minimum atomic E-state index is -3.08. The number of allylic oxidation sites excluding steroid dienone is 1. The summed E-state index contributed by atoms with van der Waals surface area (Å²) in [5, 5.41) is 0. The zero-order valence-corrected chi connectivity index (χ0v) is 10.4. The van der Waals surface area contributed by atoms with E-state index in [1.165, 1.54) is 5.82 Å². The molecule has 0 radical (unpaired) electrons. The highest BCUT2D eigenvalue weighted by atomic mass is 31.2. The van der Waals surface area contributed by atoms with Crippen molar-refractivity contribution in [3.8, 4) is 0 Å². The summed E-state index contributed by atoms with van der Waals surface area (Å²) >= 11 is 0. The first kappa shape index (κ1) is 14.6. The van der Waals surface area contributed by atoms with Crippen LogP contribution in [0.2, 0.25) is 0 Å². The summed E-state index contributed by atoms with van der Waals surface area (Å²) in [7, 11) is -3.08. The third-order valence-corrected chi connectivity index (χ3v) is 3.46. The Morgan fingerprint density at radius 1 is 1.27 bits per heavy atom. The van der Waals surface area contributed by atoms with Crippen LogP contribution in [0.1, 0.15) is 27.2 Å². The normalized spacial score (nSPS) is 14.3. The number of carbonyl (C=O) groups is 1. The molecule has 5 heteroatoms. The maximum atomic E-state index is 11.9. The van der Waals surface area contributed by atoms with Crippen molar-refractivity contribution in [2.24, 2.45) is 5.92 Å². The van der Waals surface area contributed by atoms with Gasteiger partial charge in [-0.3, -0.25) is 4.57 Å². The van der Waals surface area contributed by atoms with E-state index in [9.17, 15) is 9.36 Å². The van der Waals surface area contributed by atoms with Crippen LogP contribution in [0, 0.1) is 5.92 Å². The average molecular weight is 234 g/mol. The summed E-state index contributed by atoms with van der Waals surface area (Å²) in [6.45, 7) is 5.99. The summed E-state index contributed by atoms with van der Waals surface area (Å²) in [5.74, 6) is 1.36. The second-order valence-electron chi connectivity index (χ2n) is 3.11. The van der Waals surface area contributed by atoms with E-state index in [4.69, 9.17) is 9.05 Å². The fourth-order valence-corrected chi connectivity index (χ4v) is 2.29. The molecule has 0 saturated heterocycles. The second-order valence-corrected chi connectivity index (χ2v) is 5.00. The Hall–Kier alpha value is -0.440. The molecule has 0 N–H and O–H groups in total. The number of hydrogen-bond donors (Lipinski definition) is 0. The standard InChI is InChI=1S/C10H19O4P/c1-4-13-15(12,14-5-2)8-6-7-10(3)9-11/h6,8-10H,4-5,7H2,1-3H3/b8-6+. The van der Waals surface area contributed by atoms with Crippen LogP contribution in [0.25, 0.3) is 0 Å². The maximum absolute atomic E-state index is 11.9. The van der Waals surface area contributed by atoms with Crippen molar-refractivity contribution in [2.75, 3.05) is 13.2 Å². The van der Waals surface area contributed by atoms with Gasteiger partial charge in [-0.25, -0.2) is 0 Å². The monoisotopic (exact) mass is 234 g/mol. The Balaban J connectivity index is 4.27. The molecule has 0 aliphatic heterocycles. The van der Waals surface area contributed by atoms with E-state index in [1.54, 1.807) is 26.8 Å². The van der Waals surface area contributed by atoms with E-state index >= 15 is 0 Å². The van der Waals surface area contributed by atoms with Gasteiger partial charge >= 0.3 is 7.60 Å². The molecular weight excluding hydrogens is 215 g/mol. The van der Waals surface area contributed by atoms with Gasteiger partial charge < -0.3 is 13.8 Å². The van der Waals surface area contributed by atoms with Gasteiger partial charge in [-0.15, -0.1) is 0 Å². The van der Waals surface area contributed by atoms with Crippen molar-refractivity contribution in [1.29, 1.82) is 0 Å². The van der Waals surface area contributed by atoms with Crippen LogP contribution >= 0.6 is 7.60 Å². The van der Waals surface area contributed by atoms with Crippen LogP contribution in [-0.4, -0.2) is 19.5 Å². The predicted molar refractivity (Wildman–Crippen MR) is 59.8 cm³/mol. The first-order valence-corrected chi connectivity index (χ1v) is 6.71. The van der Waals surface area contributed by atoms with E-state index < -0.39 is 7.60 Å². The fourth-order valence-electron chi connectivity index (χ4n) is 0.943. The molecule has 0 rings (SSSR count). The lowest BCUT2D eigenvalue weighted by molar-refractivity contribution is -0.110. The van der Waals surface area contributed by atoms with Gasteiger partial charge in [0.25, 0.3) is 0 Å². The Kier molecular flexibility index (Phi) is 7.57. The lowest BCUT2D eigenvalue weighted by Gasteiger charge is -2.12. The SMILES string of the molecule is CCOP(=O)(/C=C/CC(C)C=O)OCC. The number of aldehydes is 1. The van der Waals surface area contributed by atoms with E-state index in [0.29, 0.717) is 19.6 Å². The van der Waals surface area contributed by atoms with Gasteiger partial charge in [0, 0.05) is 11.7 Å². The number of carbonyl (C=O) groups excluding carboxylic acids is 1. The van der Waals surface area contributed by atoms with Gasteiger partial charge in [0.15, 0.2) is 0 Å². The predicted octanol–water partition coefficient (Wildman–Crippen LogP) is 2.99.